The molecule has 2 aromatic rings. The molecule has 2 nitrogen and oxygen atoms in total. The molecule has 0 aliphatic carbocycles. The van der Waals surface area contributed by atoms with Gasteiger partial charge in [0.05, 0.1) is 6.10 Å². The Morgan fingerprint density at radius 1 is 1.28 bits per heavy atom. The van der Waals surface area contributed by atoms with Crippen LogP contribution in [0.3, 0.4) is 0 Å². The molecule has 0 aliphatic rings. The second-order valence-electron chi connectivity index (χ2n) is 4.20. The summed E-state index contributed by atoms with van der Waals surface area (Å²) in [5.41, 5.74) is 1.22. The molecule has 0 radical (unpaired) electrons. The van der Waals surface area contributed by atoms with Crippen LogP contribution >= 0.6 is 0 Å². The highest BCUT2D eigenvalue weighted by Gasteiger charge is 2.15. The molecule has 0 fully saturated rings. The second-order valence-corrected chi connectivity index (χ2v) is 4.20. The maximum atomic E-state index is 13.6. The number of aliphatic hydroxyl groups is 1. The van der Waals surface area contributed by atoms with Crippen LogP contribution in [-0.2, 0) is 6.42 Å². The Labute approximate surface area is 104 Å². The molecule has 0 amide bonds. The number of benzene rings is 1. The lowest BCUT2D eigenvalue weighted by Gasteiger charge is -2.13. The molecule has 0 aliphatic heterocycles. The van der Waals surface area contributed by atoms with E-state index in [0.29, 0.717) is 5.56 Å². The van der Waals surface area contributed by atoms with Crippen molar-refractivity contribution in [1.82, 2.24) is 4.98 Å². The largest absolute Gasteiger partial charge is 0.388 e. The van der Waals surface area contributed by atoms with E-state index in [1.165, 1.54) is 13.0 Å². The Balaban J connectivity index is 2.24. The fourth-order valence-electron chi connectivity index (χ4n) is 1.79. The molecule has 18 heavy (non-hydrogen) atoms. The number of nitrogens with zero attached hydrogens (tertiary/aromatic N) is 1. The highest BCUT2D eigenvalue weighted by molar-refractivity contribution is 5.28. The van der Waals surface area contributed by atoms with Crippen molar-refractivity contribution in [2.45, 2.75) is 19.4 Å². The zero-order valence-corrected chi connectivity index (χ0v) is 9.90. The van der Waals surface area contributed by atoms with Gasteiger partial charge in [0.15, 0.2) is 0 Å². The third-order valence-corrected chi connectivity index (χ3v) is 2.79. The van der Waals surface area contributed by atoms with Gasteiger partial charge < -0.3 is 5.11 Å². The van der Waals surface area contributed by atoms with Crippen LogP contribution in [0.15, 0.2) is 36.7 Å². The standard InChI is InChI=1S/C14H13F2NO/c1-9-5-11(13(16)7-12(9)15)14(18)6-10-3-2-4-17-8-10/h2-5,7-8,14,18H,6H2,1H3. The third-order valence-electron chi connectivity index (χ3n) is 2.79. The lowest BCUT2D eigenvalue weighted by Crippen LogP contribution is -2.06. The molecule has 1 N–H and O–H groups in total. The number of aryl methyl sites for hydroxylation is 1. The van der Waals surface area contributed by atoms with Gasteiger partial charge in [0.1, 0.15) is 11.6 Å². The van der Waals surface area contributed by atoms with E-state index in [4.69, 9.17) is 0 Å². The average molecular weight is 249 g/mol. The summed E-state index contributed by atoms with van der Waals surface area (Å²) in [7, 11) is 0. The van der Waals surface area contributed by atoms with Crippen molar-refractivity contribution in [2.24, 2.45) is 0 Å². The molecule has 0 spiro atoms. The van der Waals surface area contributed by atoms with Crippen LogP contribution < -0.4 is 0 Å². The predicted molar refractivity (Wildman–Crippen MR) is 64.0 cm³/mol. The highest BCUT2D eigenvalue weighted by Crippen LogP contribution is 2.23. The van der Waals surface area contributed by atoms with Crippen LogP contribution in [0.4, 0.5) is 8.78 Å². The fraction of sp³-hybridized carbons (Fsp3) is 0.214. The molecular weight excluding hydrogens is 236 g/mol. The first kappa shape index (κ1) is 12.6. The van der Waals surface area contributed by atoms with Gasteiger partial charge in [0.25, 0.3) is 0 Å². The maximum Gasteiger partial charge on any atom is 0.131 e. The summed E-state index contributed by atoms with van der Waals surface area (Å²) in [5.74, 6) is -1.33. The zero-order chi connectivity index (χ0) is 13.1. The molecular formula is C14H13F2NO. The number of aliphatic hydroxyl groups excluding tert-OH is 1. The van der Waals surface area contributed by atoms with Crippen LogP contribution in [0.2, 0.25) is 0 Å². The Morgan fingerprint density at radius 2 is 2.06 bits per heavy atom. The molecule has 2 rings (SSSR count). The summed E-state index contributed by atoms with van der Waals surface area (Å²) in [4.78, 5) is 3.92. The summed E-state index contributed by atoms with van der Waals surface area (Å²) < 4.78 is 26.7. The molecule has 1 heterocycles. The Hall–Kier alpha value is -1.81. The SMILES string of the molecule is Cc1cc(C(O)Cc2cccnc2)c(F)cc1F. The summed E-state index contributed by atoms with van der Waals surface area (Å²) >= 11 is 0. The molecule has 1 unspecified atom stereocenters. The zero-order valence-electron chi connectivity index (χ0n) is 9.90. The number of pyridine rings is 1. The topological polar surface area (TPSA) is 33.1 Å². The summed E-state index contributed by atoms with van der Waals surface area (Å²) in [5, 5.41) is 9.98. The Morgan fingerprint density at radius 3 is 2.72 bits per heavy atom. The van der Waals surface area contributed by atoms with Crippen LogP contribution in [0.5, 0.6) is 0 Å². The van der Waals surface area contributed by atoms with Gasteiger partial charge >= 0.3 is 0 Å². The van der Waals surface area contributed by atoms with Gasteiger partial charge in [0.2, 0.25) is 0 Å². The van der Waals surface area contributed by atoms with E-state index in [1.807, 2.05) is 0 Å². The summed E-state index contributed by atoms with van der Waals surface area (Å²) in [6, 6.07) is 5.68. The van der Waals surface area contributed by atoms with Crippen LogP contribution in [-0.4, -0.2) is 10.1 Å². The van der Waals surface area contributed by atoms with Crippen molar-refractivity contribution in [3.05, 3.63) is 65.0 Å². The summed E-state index contributed by atoms with van der Waals surface area (Å²) in [6.07, 6.45) is 2.47. The quantitative estimate of drug-likeness (QED) is 0.907. The Kier molecular flexibility index (Phi) is 3.67. The predicted octanol–water partition coefficient (Wildman–Crippen LogP) is 2.94. The second kappa shape index (κ2) is 5.23. The van der Waals surface area contributed by atoms with Gasteiger partial charge in [0, 0.05) is 30.4 Å². The van der Waals surface area contributed by atoms with E-state index in [0.717, 1.165) is 11.6 Å². The van der Waals surface area contributed by atoms with Crippen molar-refractivity contribution in [2.75, 3.05) is 0 Å². The van der Waals surface area contributed by atoms with E-state index in [1.54, 1.807) is 24.5 Å². The smallest absolute Gasteiger partial charge is 0.131 e. The lowest BCUT2D eigenvalue weighted by molar-refractivity contribution is 0.173. The van der Waals surface area contributed by atoms with Crippen molar-refractivity contribution in [3.8, 4) is 0 Å². The van der Waals surface area contributed by atoms with Crippen LogP contribution in [0.25, 0.3) is 0 Å². The first-order valence-electron chi connectivity index (χ1n) is 5.60. The minimum atomic E-state index is -1.01. The monoisotopic (exact) mass is 249 g/mol. The molecule has 4 heteroatoms. The molecule has 1 aromatic carbocycles. The minimum Gasteiger partial charge on any atom is -0.388 e. The molecule has 1 atom stereocenters. The number of hydrogen-bond donors (Lipinski definition) is 1. The van der Waals surface area contributed by atoms with Gasteiger partial charge in [-0.1, -0.05) is 6.07 Å². The van der Waals surface area contributed by atoms with E-state index in [9.17, 15) is 13.9 Å². The van der Waals surface area contributed by atoms with E-state index >= 15 is 0 Å². The average Bonchev–Trinajstić information content (AvgIpc) is 2.35. The minimum absolute atomic E-state index is 0.109. The van der Waals surface area contributed by atoms with E-state index in [2.05, 4.69) is 4.98 Å². The van der Waals surface area contributed by atoms with Crippen LogP contribution in [0.1, 0.15) is 22.8 Å². The van der Waals surface area contributed by atoms with Crippen molar-refractivity contribution >= 4 is 0 Å². The number of hydrogen-bond acceptors (Lipinski definition) is 2. The van der Waals surface area contributed by atoms with Gasteiger partial charge in [-0.15, -0.1) is 0 Å². The molecule has 0 bridgehead atoms. The van der Waals surface area contributed by atoms with Crippen molar-refractivity contribution in [1.29, 1.82) is 0 Å². The number of aromatic nitrogens is 1. The van der Waals surface area contributed by atoms with Gasteiger partial charge in [-0.2, -0.15) is 0 Å². The third kappa shape index (κ3) is 2.71. The number of halogens is 2. The maximum absolute atomic E-state index is 13.6. The van der Waals surface area contributed by atoms with E-state index in [-0.39, 0.29) is 12.0 Å². The van der Waals surface area contributed by atoms with Crippen molar-refractivity contribution < 1.29 is 13.9 Å². The van der Waals surface area contributed by atoms with Crippen LogP contribution in [0, 0.1) is 18.6 Å². The Bertz CT molecular complexity index is 543. The summed E-state index contributed by atoms with van der Waals surface area (Å²) in [6.45, 7) is 1.54. The lowest BCUT2D eigenvalue weighted by atomic mass is 10.00. The highest BCUT2D eigenvalue weighted by atomic mass is 19.1. The first-order chi connectivity index (χ1) is 8.58. The first-order valence-corrected chi connectivity index (χ1v) is 5.60. The van der Waals surface area contributed by atoms with Gasteiger partial charge in [-0.25, -0.2) is 8.78 Å². The van der Waals surface area contributed by atoms with Gasteiger partial charge in [-0.3, -0.25) is 4.98 Å². The molecule has 0 saturated heterocycles. The molecule has 0 saturated carbocycles. The fourth-order valence-corrected chi connectivity index (χ4v) is 1.79. The molecule has 1 aromatic heterocycles. The van der Waals surface area contributed by atoms with Gasteiger partial charge in [-0.05, 0) is 30.2 Å². The molecule has 94 valence electrons. The van der Waals surface area contributed by atoms with E-state index < -0.39 is 17.7 Å². The van der Waals surface area contributed by atoms with Crippen molar-refractivity contribution in [3.63, 3.8) is 0 Å². The number of rotatable bonds is 3. The normalized spacial score (nSPS) is 12.4.